The number of imide groups is 1. The van der Waals surface area contributed by atoms with Crippen LogP contribution >= 0.6 is 11.8 Å². The smallest absolute Gasteiger partial charge is 0.504 e. The Kier molecular flexibility index (Phi) is 6.25. The second-order valence-electron chi connectivity index (χ2n) is 7.29. The summed E-state index contributed by atoms with van der Waals surface area (Å²) in [5, 5.41) is 18.6. The molecule has 0 bridgehead atoms. The zero-order valence-corrected chi connectivity index (χ0v) is 18.1. The summed E-state index contributed by atoms with van der Waals surface area (Å²) >= 11 is 0.761. The number of carbonyl (C=O) groups is 2. The van der Waals surface area contributed by atoms with E-state index in [1.165, 1.54) is 48.5 Å². The maximum Gasteiger partial charge on any atom is 0.573 e. The molecular weight excluding hydrogens is 471 g/mol. The number of aromatic hydroxyl groups is 2. The fourth-order valence-corrected chi connectivity index (χ4v) is 4.14. The summed E-state index contributed by atoms with van der Waals surface area (Å²) in [5.41, 5.74) is 2.43. The van der Waals surface area contributed by atoms with Crippen molar-refractivity contribution in [1.82, 2.24) is 4.90 Å². The van der Waals surface area contributed by atoms with Crippen LogP contribution in [0.3, 0.4) is 0 Å². The molecule has 1 fully saturated rings. The van der Waals surface area contributed by atoms with Crippen molar-refractivity contribution in [2.75, 3.05) is 0 Å². The van der Waals surface area contributed by atoms with Gasteiger partial charge in [0.15, 0.2) is 11.5 Å². The van der Waals surface area contributed by atoms with Gasteiger partial charge in [0.25, 0.3) is 11.1 Å². The molecule has 0 radical (unpaired) electrons. The summed E-state index contributed by atoms with van der Waals surface area (Å²) < 4.78 is 40.9. The van der Waals surface area contributed by atoms with Gasteiger partial charge in [-0.25, -0.2) is 0 Å². The van der Waals surface area contributed by atoms with Crippen LogP contribution in [0.2, 0.25) is 0 Å². The van der Waals surface area contributed by atoms with E-state index in [2.05, 4.69) is 4.74 Å². The van der Waals surface area contributed by atoms with Gasteiger partial charge in [-0.05, 0) is 70.4 Å². The lowest BCUT2D eigenvalue weighted by atomic mass is 10.0. The molecule has 1 aliphatic rings. The molecule has 1 saturated heterocycles. The third kappa shape index (κ3) is 5.34. The number of thioether (sulfide) groups is 1. The molecule has 0 unspecified atom stereocenters. The van der Waals surface area contributed by atoms with Crippen LogP contribution in [-0.4, -0.2) is 32.6 Å². The summed E-state index contributed by atoms with van der Waals surface area (Å²) in [6.45, 7) is 0.00590. The third-order valence-corrected chi connectivity index (χ3v) is 5.77. The first-order valence-electron chi connectivity index (χ1n) is 9.81. The van der Waals surface area contributed by atoms with E-state index in [0.29, 0.717) is 22.3 Å². The molecule has 174 valence electrons. The fourth-order valence-electron chi connectivity index (χ4n) is 3.30. The number of rotatable bonds is 5. The first-order valence-corrected chi connectivity index (χ1v) is 10.6. The van der Waals surface area contributed by atoms with Crippen molar-refractivity contribution in [3.8, 4) is 28.4 Å². The summed E-state index contributed by atoms with van der Waals surface area (Å²) in [6, 6.07) is 16.4. The molecule has 0 atom stereocenters. The largest absolute Gasteiger partial charge is 0.573 e. The number of phenols is 2. The minimum Gasteiger partial charge on any atom is -0.504 e. The van der Waals surface area contributed by atoms with E-state index in [0.717, 1.165) is 16.7 Å². The van der Waals surface area contributed by atoms with E-state index in [-0.39, 0.29) is 28.7 Å². The topological polar surface area (TPSA) is 87.1 Å². The van der Waals surface area contributed by atoms with Gasteiger partial charge in [-0.3, -0.25) is 14.5 Å². The predicted octanol–water partition coefficient (Wildman–Crippen LogP) is 5.90. The van der Waals surface area contributed by atoms with Crippen LogP contribution < -0.4 is 4.74 Å². The maximum atomic E-state index is 12.8. The minimum absolute atomic E-state index is 0.00590. The van der Waals surface area contributed by atoms with Crippen LogP contribution in [0.15, 0.2) is 71.6 Å². The summed E-state index contributed by atoms with van der Waals surface area (Å²) in [4.78, 5) is 26.5. The van der Waals surface area contributed by atoms with Crippen LogP contribution in [0.5, 0.6) is 17.2 Å². The average Bonchev–Trinajstić information content (AvgIpc) is 3.03. The molecule has 6 nitrogen and oxygen atoms in total. The monoisotopic (exact) mass is 487 g/mol. The van der Waals surface area contributed by atoms with E-state index in [9.17, 15) is 33.0 Å². The number of alkyl halides is 3. The molecule has 34 heavy (non-hydrogen) atoms. The highest BCUT2D eigenvalue weighted by Crippen LogP contribution is 2.35. The number of phenolic OH excluding ortho intramolecular Hbond substituents is 2. The van der Waals surface area contributed by atoms with Gasteiger partial charge in [-0.1, -0.05) is 36.4 Å². The van der Waals surface area contributed by atoms with Crippen LogP contribution in [0.25, 0.3) is 17.2 Å². The molecule has 0 spiro atoms. The number of hydrogen-bond acceptors (Lipinski definition) is 6. The molecular formula is C24H16F3NO5S. The first kappa shape index (κ1) is 23.2. The van der Waals surface area contributed by atoms with E-state index in [4.69, 9.17) is 0 Å². The van der Waals surface area contributed by atoms with Crippen molar-refractivity contribution in [1.29, 1.82) is 0 Å². The number of ether oxygens (including phenoxy) is 1. The number of benzene rings is 3. The predicted molar refractivity (Wildman–Crippen MR) is 120 cm³/mol. The van der Waals surface area contributed by atoms with Gasteiger partial charge in [-0.2, -0.15) is 0 Å². The van der Waals surface area contributed by atoms with Crippen LogP contribution in [0.1, 0.15) is 11.1 Å². The number of hydrogen-bond donors (Lipinski definition) is 2. The van der Waals surface area contributed by atoms with Gasteiger partial charge >= 0.3 is 6.36 Å². The highest BCUT2D eigenvalue weighted by Gasteiger charge is 2.35. The highest BCUT2D eigenvalue weighted by molar-refractivity contribution is 8.18. The Morgan fingerprint density at radius 1 is 0.912 bits per heavy atom. The highest BCUT2D eigenvalue weighted by atomic mass is 32.2. The molecule has 3 aromatic rings. The van der Waals surface area contributed by atoms with E-state index >= 15 is 0 Å². The first-order chi connectivity index (χ1) is 16.1. The summed E-state index contributed by atoms with van der Waals surface area (Å²) in [5.74, 6) is -1.48. The Bertz CT molecular complexity index is 1290. The normalized spacial score (nSPS) is 15.3. The van der Waals surface area contributed by atoms with Gasteiger partial charge in [-0.15, -0.1) is 13.2 Å². The van der Waals surface area contributed by atoms with Crippen molar-refractivity contribution >= 4 is 29.0 Å². The number of carbonyl (C=O) groups excluding carboxylic acids is 2. The second kappa shape index (κ2) is 9.14. The zero-order valence-electron chi connectivity index (χ0n) is 17.2. The molecule has 2 N–H and O–H groups in total. The summed E-state index contributed by atoms with van der Waals surface area (Å²) in [7, 11) is 0. The Labute approximate surface area is 195 Å². The lowest BCUT2D eigenvalue weighted by Crippen LogP contribution is -2.27. The average molecular weight is 487 g/mol. The minimum atomic E-state index is -4.77. The zero-order chi connectivity index (χ0) is 24.5. The Morgan fingerprint density at radius 2 is 1.65 bits per heavy atom. The number of halogens is 3. The van der Waals surface area contributed by atoms with Crippen LogP contribution in [0, 0.1) is 0 Å². The van der Waals surface area contributed by atoms with Crippen LogP contribution in [-0.2, 0) is 11.3 Å². The van der Waals surface area contributed by atoms with Crippen molar-refractivity contribution in [2.24, 2.45) is 0 Å². The van der Waals surface area contributed by atoms with E-state index in [1.807, 2.05) is 0 Å². The Hall–Kier alpha value is -3.92. The molecule has 0 aromatic heterocycles. The van der Waals surface area contributed by atoms with Gasteiger partial charge in [0.1, 0.15) is 5.75 Å². The lowest BCUT2D eigenvalue weighted by Gasteiger charge is -2.14. The molecule has 2 amide bonds. The molecule has 0 saturated carbocycles. The molecule has 3 aromatic carbocycles. The SMILES string of the molecule is O=C1S/C(=C\c2ccc(O)c(O)c2)C(=O)N1Cc1cccc(-c2ccc(OC(F)(F)F)cc2)c1. The third-order valence-electron chi connectivity index (χ3n) is 4.86. The number of amides is 2. The van der Waals surface area contributed by atoms with Crippen molar-refractivity contribution < 1.29 is 37.7 Å². The molecule has 1 aliphatic heterocycles. The van der Waals surface area contributed by atoms with Gasteiger partial charge < -0.3 is 14.9 Å². The Balaban J connectivity index is 1.50. The van der Waals surface area contributed by atoms with E-state index in [1.54, 1.807) is 24.3 Å². The van der Waals surface area contributed by atoms with Crippen LogP contribution in [0.4, 0.5) is 18.0 Å². The molecule has 0 aliphatic carbocycles. The number of nitrogens with zero attached hydrogens (tertiary/aromatic N) is 1. The quantitative estimate of drug-likeness (QED) is 0.344. The maximum absolute atomic E-state index is 12.8. The van der Waals surface area contributed by atoms with Crippen molar-refractivity contribution in [2.45, 2.75) is 12.9 Å². The second-order valence-corrected chi connectivity index (χ2v) is 8.28. The molecule has 4 rings (SSSR count). The van der Waals surface area contributed by atoms with Crippen molar-refractivity contribution in [3.05, 3.63) is 82.8 Å². The standard InChI is InChI=1S/C24H16F3NO5S/c25-24(26,27)33-18-7-5-16(6-8-18)17-3-1-2-15(10-17)13-28-22(31)21(34-23(28)32)12-14-4-9-19(29)20(30)11-14/h1-12,29-30H,13H2/b21-12-. The summed E-state index contributed by atoms with van der Waals surface area (Å²) in [6.07, 6.45) is -3.32. The van der Waals surface area contributed by atoms with Gasteiger partial charge in [0, 0.05) is 0 Å². The van der Waals surface area contributed by atoms with Gasteiger partial charge in [0.2, 0.25) is 0 Å². The molecule has 1 heterocycles. The van der Waals surface area contributed by atoms with E-state index < -0.39 is 17.5 Å². The Morgan fingerprint density at radius 3 is 2.32 bits per heavy atom. The van der Waals surface area contributed by atoms with Gasteiger partial charge in [0.05, 0.1) is 11.4 Å². The molecule has 10 heteroatoms. The lowest BCUT2D eigenvalue weighted by molar-refractivity contribution is -0.274. The fraction of sp³-hybridized carbons (Fsp3) is 0.0833. The van der Waals surface area contributed by atoms with Crippen molar-refractivity contribution in [3.63, 3.8) is 0 Å².